The van der Waals surface area contributed by atoms with Crippen LogP contribution in [0.1, 0.15) is 18.9 Å². The van der Waals surface area contributed by atoms with Crippen molar-refractivity contribution in [2.75, 3.05) is 5.32 Å². The van der Waals surface area contributed by atoms with Gasteiger partial charge >= 0.3 is 5.69 Å². The van der Waals surface area contributed by atoms with Crippen molar-refractivity contribution >= 4 is 28.5 Å². The van der Waals surface area contributed by atoms with Crippen LogP contribution >= 0.6 is 0 Å². The van der Waals surface area contributed by atoms with Crippen LogP contribution in [0.25, 0.3) is 28.0 Å². The highest BCUT2D eigenvalue weighted by atomic mass is 19.1. The maximum Gasteiger partial charge on any atom is 0.334 e. The number of aromatic nitrogens is 6. The first-order chi connectivity index (χ1) is 15.2. The number of alkyl halides is 1. The molecule has 4 aromatic rings. The molecular formula is C22H23F2N7O. The van der Waals surface area contributed by atoms with E-state index in [2.05, 4.69) is 27.0 Å². The molecule has 3 aromatic heterocycles. The number of benzene rings is 1. The second kappa shape index (κ2) is 8.03. The molecule has 0 aliphatic heterocycles. The Balaban J connectivity index is 1.73. The molecule has 0 saturated carbocycles. The summed E-state index contributed by atoms with van der Waals surface area (Å²) in [4.78, 5) is 21.3. The molecule has 0 aliphatic carbocycles. The first-order valence-electron chi connectivity index (χ1n) is 9.98. The number of fused-ring (bicyclic) bond motifs is 1. The molecule has 0 bridgehead atoms. The number of nitrogens with one attached hydrogen (secondary N) is 1. The summed E-state index contributed by atoms with van der Waals surface area (Å²) in [5.74, 6) is -0.247. The van der Waals surface area contributed by atoms with E-state index in [0.29, 0.717) is 33.7 Å². The average Bonchev–Trinajstić information content (AvgIpc) is 3.25. The van der Waals surface area contributed by atoms with Gasteiger partial charge in [-0.1, -0.05) is 6.58 Å². The van der Waals surface area contributed by atoms with Crippen molar-refractivity contribution in [3.8, 4) is 11.1 Å². The Morgan fingerprint density at radius 3 is 2.69 bits per heavy atom. The van der Waals surface area contributed by atoms with Gasteiger partial charge in [-0.05, 0) is 31.5 Å². The van der Waals surface area contributed by atoms with Crippen LogP contribution in [0.3, 0.4) is 0 Å². The number of rotatable bonds is 6. The van der Waals surface area contributed by atoms with Gasteiger partial charge in [-0.2, -0.15) is 10.1 Å². The van der Waals surface area contributed by atoms with Gasteiger partial charge in [0, 0.05) is 49.2 Å². The highest BCUT2D eigenvalue weighted by molar-refractivity contribution is 5.77. The zero-order valence-corrected chi connectivity index (χ0v) is 18.2. The Labute approximate surface area is 182 Å². The van der Waals surface area contributed by atoms with Crippen molar-refractivity contribution in [3.05, 3.63) is 59.2 Å². The van der Waals surface area contributed by atoms with Gasteiger partial charge in [-0.3, -0.25) is 9.25 Å². The van der Waals surface area contributed by atoms with E-state index >= 15 is 0 Å². The Morgan fingerprint density at radius 2 is 2.03 bits per heavy atom. The van der Waals surface area contributed by atoms with Crippen LogP contribution in [0, 0.1) is 12.7 Å². The maximum atomic E-state index is 14.8. The summed E-state index contributed by atoms with van der Waals surface area (Å²) in [5.41, 5.74) is 3.04. The fourth-order valence-electron chi connectivity index (χ4n) is 3.59. The number of hydrogen-bond acceptors (Lipinski definition) is 5. The Morgan fingerprint density at radius 1 is 1.28 bits per heavy atom. The molecule has 0 aliphatic rings. The highest BCUT2D eigenvalue weighted by Gasteiger charge is 2.18. The molecule has 3 heterocycles. The van der Waals surface area contributed by atoms with Crippen molar-refractivity contribution in [3.63, 3.8) is 0 Å². The highest BCUT2D eigenvalue weighted by Crippen LogP contribution is 2.29. The molecule has 1 aromatic carbocycles. The SMILES string of the molecule is C=C(CC(C)F)n1c(=O)n(C)c2cnc(Nc3cc(F)c(-c4cnn(C)c4)cc3C)nc21. The topological polar surface area (TPSA) is 82.6 Å². The van der Waals surface area contributed by atoms with Gasteiger partial charge in [0.1, 0.15) is 17.5 Å². The van der Waals surface area contributed by atoms with E-state index in [-0.39, 0.29) is 18.1 Å². The van der Waals surface area contributed by atoms with Crippen LogP contribution in [-0.4, -0.2) is 35.1 Å². The molecule has 8 nitrogen and oxygen atoms in total. The van der Waals surface area contributed by atoms with Crippen LogP contribution in [-0.2, 0) is 14.1 Å². The van der Waals surface area contributed by atoms with Crippen LogP contribution in [0.5, 0.6) is 0 Å². The van der Waals surface area contributed by atoms with E-state index in [0.717, 1.165) is 5.56 Å². The lowest BCUT2D eigenvalue weighted by molar-refractivity contribution is 0.366. The van der Waals surface area contributed by atoms with Crippen molar-refractivity contribution in [2.24, 2.45) is 14.1 Å². The minimum Gasteiger partial charge on any atom is -0.324 e. The van der Waals surface area contributed by atoms with Crippen LogP contribution in [0.2, 0.25) is 0 Å². The van der Waals surface area contributed by atoms with E-state index < -0.39 is 12.0 Å². The Hall–Kier alpha value is -3.82. The molecule has 0 amide bonds. The summed E-state index contributed by atoms with van der Waals surface area (Å²) in [6, 6.07) is 3.09. The molecule has 1 N–H and O–H groups in total. The number of aryl methyl sites for hydroxylation is 3. The van der Waals surface area contributed by atoms with Gasteiger partial charge in [-0.15, -0.1) is 0 Å². The number of hydrogen-bond donors (Lipinski definition) is 1. The molecule has 0 radical (unpaired) electrons. The molecule has 0 saturated heterocycles. The third kappa shape index (κ3) is 3.79. The zero-order chi connectivity index (χ0) is 23.2. The number of anilines is 2. The summed E-state index contributed by atoms with van der Waals surface area (Å²) in [5, 5.41) is 7.10. The summed E-state index contributed by atoms with van der Waals surface area (Å²) in [6.45, 7) is 7.08. The molecule has 1 unspecified atom stereocenters. The fourth-order valence-corrected chi connectivity index (χ4v) is 3.59. The van der Waals surface area contributed by atoms with E-state index in [1.165, 1.54) is 28.3 Å². The van der Waals surface area contributed by atoms with Crippen molar-refractivity contribution in [1.29, 1.82) is 0 Å². The van der Waals surface area contributed by atoms with Crippen LogP contribution < -0.4 is 11.0 Å². The predicted octanol–water partition coefficient (Wildman–Crippen LogP) is 3.94. The molecule has 166 valence electrons. The van der Waals surface area contributed by atoms with Crippen molar-refractivity contribution in [1.82, 2.24) is 28.9 Å². The zero-order valence-electron chi connectivity index (χ0n) is 18.2. The van der Waals surface area contributed by atoms with Crippen molar-refractivity contribution < 1.29 is 8.78 Å². The summed E-state index contributed by atoms with van der Waals surface area (Å²) in [7, 11) is 3.35. The lowest BCUT2D eigenvalue weighted by atomic mass is 10.0. The summed E-state index contributed by atoms with van der Waals surface area (Å²) in [6.07, 6.45) is 3.66. The minimum absolute atomic E-state index is 0.00803. The van der Waals surface area contributed by atoms with Crippen molar-refractivity contribution in [2.45, 2.75) is 26.4 Å². The van der Waals surface area contributed by atoms with Crippen LogP contribution in [0.4, 0.5) is 20.4 Å². The smallest absolute Gasteiger partial charge is 0.324 e. The van der Waals surface area contributed by atoms with E-state index in [1.54, 1.807) is 37.2 Å². The molecular weight excluding hydrogens is 416 g/mol. The molecule has 0 spiro atoms. The largest absolute Gasteiger partial charge is 0.334 e. The number of halogens is 2. The number of imidazole rings is 1. The number of nitrogens with zero attached hydrogens (tertiary/aromatic N) is 6. The second-order valence-corrected chi connectivity index (χ2v) is 7.81. The summed E-state index contributed by atoms with van der Waals surface area (Å²) >= 11 is 0. The predicted molar refractivity (Wildman–Crippen MR) is 120 cm³/mol. The van der Waals surface area contributed by atoms with E-state index in [1.807, 2.05) is 6.92 Å². The first kappa shape index (κ1) is 21.4. The van der Waals surface area contributed by atoms with Crippen LogP contribution in [0.15, 0.2) is 42.1 Å². The monoisotopic (exact) mass is 439 g/mol. The third-order valence-electron chi connectivity index (χ3n) is 5.21. The van der Waals surface area contributed by atoms with Gasteiger partial charge in [0.15, 0.2) is 5.65 Å². The lowest BCUT2D eigenvalue weighted by Crippen LogP contribution is -2.22. The van der Waals surface area contributed by atoms with Gasteiger partial charge in [0.05, 0.1) is 12.4 Å². The molecule has 1 atom stereocenters. The summed E-state index contributed by atoms with van der Waals surface area (Å²) < 4.78 is 32.6. The lowest BCUT2D eigenvalue weighted by Gasteiger charge is -2.12. The van der Waals surface area contributed by atoms with E-state index in [9.17, 15) is 13.6 Å². The fraction of sp³-hybridized carbons (Fsp3) is 0.273. The van der Waals surface area contributed by atoms with Gasteiger partial charge in [-0.25, -0.2) is 23.1 Å². The molecule has 10 heteroatoms. The molecule has 4 rings (SSSR count). The van der Waals surface area contributed by atoms with Gasteiger partial charge in [0.25, 0.3) is 0 Å². The third-order valence-corrected chi connectivity index (χ3v) is 5.21. The quantitative estimate of drug-likeness (QED) is 0.492. The standard InChI is InChI=1S/C22H23F2N7O/c1-12-6-16(15-9-26-29(4)11-15)17(24)8-18(12)27-21-25-10-19-20(28-21)31(22(32)30(19)5)14(3)7-13(2)23/h6,8-11,13H,3,7H2,1-2,4-5H3,(H,25,27,28). The first-order valence-corrected chi connectivity index (χ1v) is 9.98. The number of allylic oxidation sites excluding steroid dienone is 1. The molecule has 0 fully saturated rings. The van der Waals surface area contributed by atoms with Gasteiger partial charge in [0.2, 0.25) is 5.95 Å². The maximum absolute atomic E-state index is 14.8. The average molecular weight is 439 g/mol. The minimum atomic E-state index is -1.16. The Bertz CT molecular complexity index is 1400. The second-order valence-electron chi connectivity index (χ2n) is 7.81. The molecule has 32 heavy (non-hydrogen) atoms. The Kier molecular flexibility index (Phi) is 5.37. The van der Waals surface area contributed by atoms with E-state index in [4.69, 9.17) is 0 Å². The normalized spacial score (nSPS) is 12.3. The van der Waals surface area contributed by atoms with Gasteiger partial charge < -0.3 is 5.32 Å².